The minimum absolute atomic E-state index is 0.00928. The molecule has 52 heavy (non-hydrogen) atoms. The van der Waals surface area contributed by atoms with Crippen LogP contribution in [0, 0.1) is 5.92 Å². The molecule has 3 aliphatic rings. The van der Waals surface area contributed by atoms with Crippen LogP contribution >= 0.6 is 0 Å². The van der Waals surface area contributed by atoms with Gasteiger partial charge in [0.15, 0.2) is 0 Å². The van der Waals surface area contributed by atoms with Crippen LogP contribution in [0.3, 0.4) is 0 Å². The van der Waals surface area contributed by atoms with E-state index in [1.54, 1.807) is 0 Å². The monoisotopic (exact) mass is 718 g/mol. The molecule has 0 aliphatic carbocycles. The standard InChI is InChI=1S/C31H40N4O3.C10H18O4/c1-31(2)25-12-6-7-13-27(25)35(30(31)38)24-16-19-34(20-17-24)29(37)26(15-14-22-9-4-3-5-10-22)33-28(36)23-11-8-18-32-21-23;11-9(12)7-5-3-1-2-4-6-8-10(13)14/h3-7,9-10,12-13,23-24,26,32H,8,11,14-21H2,1-2H3,(H,33,36);1-8H2,(H,11,12)(H,13,14). The lowest BCUT2D eigenvalue weighted by atomic mass is 9.86. The summed E-state index contributed by atoms with van der Waals surface area (Å²) < 4.78 is 0. The smallest absolute Gasteiger partial charge is 0.303 e. The van der Waals surface area contributed by atoms with E-state index in [1.165, 1.54) is 0 Å². The van der Waals surface area contributed by atoms with Crippen LogP contribution in [0.2, 0.25) is 0 Å². The van der Waals surface area contributed by atoms with Crippen LogP contribution in [-0.2, 0) is 35.8 Å². The van der Waals surface area contributed by atoms with Crippen molar-refractivity contribution in [1.29, 1.82) is 0 Å². The van der Waals surface area contributed by atoms with Gasteiger partial charge in [-0.15, -0.1) is 0 Å². The van der Waals surface area contributed by atoms with Crippen molar-refractivity contribution in [1.82, 2.24) is 15.5 Å². The SMILES string of the molecule is CC1(C)C(=O)N(C2CCN(C(=O)C(CCc3ccccc3)NC(=O)C3CCCNC3)CC2)c2ccccc21.O=C(O)CCCCCCCCC(=O)O. The quantitative estimate of drug-likeness (QED) is 0.161. The number of anilines is 1. The van der Waals surface area contributed by atoms with Gasteiger partial charge in [0.2, 0.25) is 17.7 Å². The molecule has 3 amide bonds. The minimum atomic E-state index is -0.740. The number of carboxylic acid groups (broad SMARTS) is 2. The Morgan fingerprint density at radius 1 is 0.846 bits per heavy atom. The summed E-state index contributed by atoms with van der Waals surface area (Å²) in [6.45, 7) is 6.76. The largest absolute Gasteiger partial charge is 0.481 e. The van der Waals surface area contributed by atoms with E-state index >= 15 is 0 Å². The molecule has 2 unspecified atom stereocenters. The summed E-state index contributed by atoms with van der Waals surface area (Å²) in [6.07, 6.45) is 10.4. The van der Waals surface area contributed by atoms with E-state index < -0.39 is 23.4 Å². The number of rotatable bonds is 16. The first-order valence-electron chi connectivity index (χ1n) is 19.2. The van der Waals surface area contributed by atoms with Gasteiger partial charge < -0.3 is 30.6 Å². The van der Waals surface area contributed by atoms with Gasteiger partial charge >= 0.3 is 11.9 Å². The minimum Gasteiger partial charge on any atom is -0.481 e. The number of hydrogen-bond acceptors (Lipinski definition) is 6. The van der Waals surface area contributed by atoms with Crippen LogP contribution < -0.4 is 15.5 Å². The average molecular weight is 719 g/mol. The molecule has 284 valence electrons. The molecule has 0 radical (unpaired) electrons. The molecule has 2 atom stereocenters. The number of carboxylic acids is 2. The number of nitrogens with zero attached hydrogens (tertiary/aromatic N) is 2. The Bertz CT molecular complexity index is 1460. The van der Waals surface area contributed by atoms with Crippen molar-refractivity contribution in [2.75, 3.05) is 31.1 Å². The summed E-state index contributed by atoms with van der Waals surface area (Å²) in [7, 11) is 0. The highest BCUT2D eigenvalue weighted by Gasteiger charge is 2.47. The predicted octanol–water partition coefficient (Wildman–Crippen LogP) is 5.70. The molecule has 2 fully saturated rings. The molecule has 0 spiro atoms. The summed E-state index contributed by atoms with van der Waals surface area (Å²) in [5.41, 5.74) is 2.70. The van der Waals surface area contributed by atoms with Gasteiger partial charge in [-0.1, -0.05) is 74.2 Å². The Hall–Kier alpha value is -4.25. The molecule has 0 bridgehead atoms. The first kappa shape index (κ1) is 40.5. The Labute approximate surface area is 308 Å². The average Bonchev–Trinajstić information content (AvgIpc) is 3.35. The van der Waals surface area contributed by atoms with Crippen LogP contribution in [0.25, 0.3) is 0 Å². The number of likely N-dealkylation sites (tertiary alicyclic amines) is 1. The van der Waals surface area contributed by atoms with Crippen LogP contribution in [0.1, 0.15) is 108 Å². The highest BCUT2D eigenvalue weighted by atomic mass is 16.4. The molecule has 11 heteroatoms. The summed E-state index contributed by atoms with van der Waals surface area (Å²) in [4.78, 5) is 64.4. The third-order valence-corrected chi connectivity index (χ3v) is 10.6. The highest BCUT2D eigenvalue weighted by molar-refractivity contribution is 6.08. The van der Waals surface area contributed by atoms with E-state index in [0.29, 0.717) is 26.1 Å². The zero-order valence-electron chi connectivity index (χ0n) is 31.0. The molecule has 2 aromatic rings. The summed E-state index contributed by atoms with van der Waals surface area (Å²) in [5, 5.41) is 23.1. The van der Waals surface area contributed by atoms with E-state index in [0.717, 1.165) is 94.0 Å². The van der Waals surface area contributed by atoms with Crippen molar-refractivity contribution < 1.29 is 34.2 Å². The number of benzene rings is 2. The van der Waals surface area contributed by atoms with Crippen molar-refractivity contribution in [2.24, 2.45) is 5.92 Å². The van der Waals surface area contributed by atoms with Crippen molar-refractivity contribution in [3.8, 4) is 0 Å². The first-order chi connectivity index (χ1) is 25.0. The Balaban J connectivity index is 0.000000368. The maximum Gasteiger partial charge on any atom is 0.303 e. The molecule has 11 nitrogen and oxygen atoms in total. The molecule has 4 N–H and O–H groups in total. The third-order valence-electron chi connectivity index (χ3n) is 10.6. The fraction of sp³-hybridized carbons (Fsp3) is 0.585. The first-order valence-corrected chi connectivity index (χ1v) is 19.2. The second-order valence-corrected chi connectivity index (χ2v) is 14.9. The number of para-hydroxylation sites is 1. The van der Waals surface area contributed by atoms with Crippen LogP contribution in [0.4, 0.5) is 5.69 Å². The lowest BCUT2D eigenvalue weighted by Gasteiger charge is -2.39. The fourth-order valence-corrected chi connectivity index (χ4v) is 7.50. The van der Waals surface area contributed by atoms with Crippen LogP contribution in [0.15, 0.2) is 54.6 Å². The van der Waals surface area contributed by atoms with E-state index in [4.69, 9.17) is 10.2 Å². The number of amides is 3. The van der Waals surface area contributed by atoms with Crippen molar-refractivity contribution in [3.05, 3.63) is 65.7 Å². The van der Waals surface area contributed by atoms with Gasteiger partial charge in [0.25, 0.3) is 0 Å². The number of carbonyl (C=O) groups is 5. The molecular weight excluding hydrogens is 660 g/mol. The van der Waals surface area contributed by atoms with Crippen molar-refractivity contribution in [2.45, 2.75) is 121 Å². The van der Waals surface area contributed by atoms with Gasteiger partial charge in [-0.2, -0.15) is 0 Å². The number of carbonyl (C=O) groups excluding carboxylic acids is 3. The van der Waals surface area contributed by atoms with Gasteiger partial charge in [0.1, 0.15) is 6.04 Å². The van der Waals surface area contributed by atoms with Gasteiger partial charge in [-0.05, 0) is 89.0 Å². The Morgan fingerprint density at radius 3 is 2.04 bits per heavy atom. The van der Waals surface area contributed by atoms with Crippen LogP contribution in [-0.4, -0.2) is 83.0 Å². The fourth-order valence-electron chi connectivity index (χ4n) is 7.50. The molecule has 0 aromatic heterocycles. The summed E-state index contributed by atoms with van der Waals surface area (Å²) in [6, 6.07) is 17.7. The van der Waals surface area contributed by atoms with Crippen molar-refractivity contribution in [3.63, 3.8) is 0 Å². The zero-order chi connectivity index (χ0) is 37.5. The number of hydrogen-bond donors (Lipinski definition) is 4. The topological polar surface area (TPSA) is 156 Å². The summed E-state index contributed by atoms with van der Waals surface area (Å²) >= 11 is 0. The molecule has 2 saturated heterocycles. The van der Waals surface area contributed by atoms with E-state index in [9.17, 15) is 24.0 Å². The Morgan fingerprint density at radius 2 is 1.44 bits per heavy atom. The molecule has 3 heterocycles. The second kappa shape index (κ2) is 20.1. The molecule has 3 aliphatic heterocycles. The number of aliphatic carboxylic acids is 2. The van der Waals surface area contributed by atoms with Gasteiger partial charge in [0.05, 0.1) is 11.3 Å². The molecular formula is C41H58N4O7. The number of fused-ring (bicyclic) bond motifs is 1. The number of nitrogens with one attached hydrogen (secondary N) is 2. The maximum atomic E-state index is 13.7. The maximum absolute atomic E-state index is 13.7. The van der Waals surface area contributed by atoms with Gasteiger partial charge in [-0.25, -0.2) is 0 Å². The van der Waals surface area contributed by atoms with E-state index in [-0.39, 0.29) is 42.5 Å². The predicted molar refractivity (Wildman–Crippen MR) is 201 cm³/mol. The van der Waals surface area contributed by atoms with E-state index in [2.05, 4.69) is 22.8 Å². The normalized spacial score (nSPS) is 18.9. The van der Waals surface area contributed by atoms with Crippen LogP contribution in [0.5, 0.6) is 0 Å². The highest BCUT2D eigenvalue weighted by Crippen LogP contribution is 2.43. The Kier molecular flexibility index (Phi) is 15.7. The second-order valence-electron chi connectivity index (χ2n) is 14.9. The number of piperidine rings is 2. The summed E-state index contributed by atoms with van der Waals surface area (Å²) in [5.74, 6) is -1.47. The molecule has 0 saturated carbocycles. The number of aryl methyl sites for hydroxylation is 1. The lowest BCUT2D eigenvalue weighted by Crippen LogP contribution is -2.55. The molecule has 5 rings (SSSR count). The molecule has 2 aromatic carbocycles. The van der Waals surface area contributed by atoms with Gasteiger partial charge in [-0.3, -0.25) is 24.0 Å². The van der Waals surface area contributed by atoms with E-state index in [1.807, 2.05) is 66.1 Å². The van der Waals surface area contributed by atoms with Crippen molar-refractivity contribution >= 4 is 35.3 Å². The zero-order valence-corrected chi connectivity index (χ0v) is 31.0. The van der Waals surface area contributed by atoms with Gasteiger partial charge in [0, 0.05) is 44.2 Å². The lowest BCUT2D eigenvalue weighted by molar-refractivity contribution is -0.138. The third kappa shape index (κ3) is 11.6. The number of unbranched alkanes of at least 4 members (excludes halogenated alkanes) is 5.